The molecule has 0 atom stereocenters. The van der Waals surface area contributed by atoms with Crippen LogP contribution in [0, 0.1) is 6.92 Å². The van der Waals surface area contributed by atoms with Crippen LogP contribution in [0.5, 0.6) is 0 Å². The van der Waals surface area contributed by atoms with Gasteiger partial charge < -0.3 is 0 Å². The van der Waals surface area contributed by atoms with Crippen molar-refractivity contribution in [2.75, 3.05) is 0 Å². The van der Waals surface area contributed by atoms with Crippen LogP contribution < -0.4 is 5.56 Å². The lowest BCUT2D eigenvalue weighted by Gasteiger charge is -2.14. The van der Waals surface area contributed by atoms with Gasteiger partial charge in [-0.3, -0.25) is 14.7 Å². The monoisotopic (exact) mass is 436 g/mol. The summed E-state index contributed by atoms with van der Waals surface area (Å²) >= 11 is 0. The number of Topliss-reactive ketones (excluding diaryl/α,β-unsaturated/α-hetero) is 1. The molecule has 1 heterocycles. The fourth-order valence-electron chi connectivity index (χ4n) is 2.21. The Labute approximate surface area is 156 Å². The van der Waals surface area contributed by atoms with E-state index in [1.54, 1.807) is 0 Å². The topological polar surface area (TPSA) is 54.9 Å². The molecule has 1 aromatic heterocycles. The average Bonchev–Trinajstić information content (AvgIpc) is 2.87. The van der Waals surface area contributed by atoms with E-state index >= 15 is 0 Å². The molecule has 0 saturated heterocycles. The van der Waals surface area contributed by atoms with Crippen molar-refractivity contribution in [3.05, 3.63) is 50.9 Å². The average molecular weight is 436 g/mol. The van der Waals surface area contributed by atoms with E-state index in [-0.39, 0.29) is 22.9 Å². The van der Waals surface area contributed by atoms with Crippen LogP contribution in [0.15, 0.2) is 23.0 Å². The van der Waals surface area contributed by atoms with Gasteiger partial charge in [-0.15, -0.1) is 0 Å². The van der Waals surface area contributed by atoms with E-state index < -0.39 is 57.9 Å². The van der Waals surface area contributed by atoms with Gasteiger partial charge in [-0.1, -0.05) is 13.8 Å². The molecule has 1 N–H and O–H groups in total. The number of H-pyrrole nitrogens is 1. The lowest BCUT2D eigenvalue weighted by Crippen LogP contribution is -2.30. The number of alkyl halides is 9. The van der Waals surface area contributed by atoms with Crippen molar-refractivity contribution in [1.29, 1.82) is 0 Å². The van der Waals surface area contributed by atoms with Crippen LogP contribution >= 0.6 is 0 Å². The van der Waals surface area contributed by atoms with Gasteiger partial charge in [0.1, 0.15) is 5.56 Å². The first-order chi connectivity index (χ1) is 13.0. The summed E-state index contributed by atoms with van der Waals surface area (Å²) in [7, 11) is 0. The Morgan fingerprint density at radius 3 is 1.62 bits per heavy atom. The van der Waals surface area contributed by atoms with E-state index in [9.17, 15) is 49.1 Å². The number of benzene rings is 1. The van der Waals surface area contributed by atoms with Crippen LogP contribution in [0.25, 0.3) is 5.69 Å². The molecule has 2 aromatic rings. The van der Waals surface area contributed by atoms with E-state index in [1.807, 2.05) is 18.9 Å². The SMILES string of the molecule is CC.Cc1[nH]n(-c2cc(C(F)(F)F)cc(C(F)(F)F)c2)c(=O)c1C(=O)C(F)(F)F. The largest absolute Gasteiger partial charge is 0.455 e. The van der Waals surface area contributed by atoms with Crippen LogP contribution in [0.4, 0.5) is 39.5 Å². The molecule has 0 aliphatic heterocycles. The number of aryl methyl sites for hydroxylation is 1. The van der Waals surface area contributed by atoms with Gasteiger partial charge in [-0.25, -0.2) is 4.68 Å². The fraction of sp³-hybridized carbons (Fsp3) is 0.375. The first-order valence-corrected chi connectivity index (χ1v) is 7.76. The normalized spacial score (nSPS) is 12.4. The minimum Gasteiger partial charge on any atom is -0.295 e. The van der Waals surface area contributed by atoms with E-state index in [1.165, 1.54) is 0 Å². The predicted octanol–water partition coefficient (Wildman–Crippen LogP) is 5.28. The van der Waals surface area contributed by atoms with E-state index in [2.05, 4.69) is 0 Å². The van der Waals surface area contributed by atoms with Crippen molar-refractivity contribution in [3.63, 3.8) is 0 Å². The van der Waals surface area contributed by atoms with E-state index in [0.717, 1.165) is 6.92 Å². The highest BCUT2D eigenvalue weighted by atomic mass is 19.4. The molecule has 29 heavy (non-hydrogen) atoms. The van der Waals surface area contributed by atoms with Crippen molar-refractivity contribution in [3.8, 4) is 5.69 Å². The second-order valence-electron chi connectivity index (χ2n) is 5.34. The zero-order valence-corrected chi connectivity index (χ0v) is 14.9. The first-order valence-electron chi connectivity index (χ1n) is 7.76. The lowest BCUT2D eigenvalue weighted by atomic mass is 10.1. The molecule has 0 unspecified atom stereocenters. The van der Waals surface area contributed by atoms with Crippen molar-refractivity contribution in [2.45, 2.75) is 39.3 Å². The maximum atomic E-state index is 12.9. The molecule has 0 radical (unpaired) electrons. The van der Waals surface area contributed by atoms with Crippen molar-refractivity contribution in [2.24, 2.45) is 0 Å². The summed E-state index contributed by atoms with van der Waals surface area (Å²) < 4.78 is 115. The number of rotatable bonds is 2. The molecule has 0 bridgehead atoms. The van der Waals surface area contributed by atoms with Crippen LogP contribution in [0.2, 0.25) is 0 Å². The maximum absolute atomic E-state index is 12.9. The number of nitrogens with zero attached hydrogens (tertiary/aromatic N) is 1. The van der Waals surface area contributed by atoms with Gasteiger partial charge in [0, 0.05) is 5.69 Å². The van der Waals surface area contributed by atoms with Crippen molar-refractivity contribution in [1.82, 2.24) is 9.78 Å². The van der Waals surface area contributed by atoms with Crippen LogP contribution in [0.1, 0.15) is 41.0 Å². The molecular formula is C16H13F9N2O2. The van der Waals surface area contributed by atoms with Gasteiger partial charge >= 0.3 is 18.5 Å². The first kappa shape index (κ1) is 24.3. The Bertz CT molecular complexity index is 915. The standard InChI is InChI=1S/C14H7F9N2O2.C2H6/c1-5-9(10(26)14(21,22)23)11(27)25(24-5)8-3-6(12(15,16)17)2-7(4-8)13(18,19)20;1-2/h2-4,24H,1H3;1-2H3. The number of hydrogen-bond acceptors (Lipinski definition) is 2. The molecular weight excluding hydrogens is 423 g/mol. The molecule has 0 saturated carbocycles. The summed E-state index contributed by atoms with van der Waals surface area (Å²) in [5, 5.41) is 1.89. The molecule has 0 spiro atoms. The van der Waals surface area contributed by atoms with Gasteiger partial charge in [0.15, 0.2) is 0 Å². The Hall–Kier alpha value is -2.73. The number of hydrogen-bond donors (Lipinski definition) is 1. The summed E-state index contributed by atoms with van der Waals surface area (Å²) in [5.74, 6) is -2.58. The number of nitrogens with one attached hydrogen (secondary N) is 1. The minimum absolute atomic E-state index is 0.0127. The molecule has 1 aromatic carbocycles. The highest BCUT2D eigenvalue weighted by molar-refractivity contribution is 6.00. The minimum atomic E-state index is -5.46. The molecule has 4 nitrogen and oxygen atoms in total. The Kier molecular flexibility index (Phi) is 6.66. The second kappa shape index (κ2) is 7.95. The zero-order valence-electron chi connectivity index (χ0n) is 14.9. The smallest absolute Gasteiger partial charge is 0.295 e. The highest BCUT2D eigenvalue weighted by Gasteiger charge is 2.43. The zero-order chi connectivity index (χ0) is 22.9. The third-order valence-electron chi connectivity index (χ3n) is 3.39. The van der Waals surface area contributed by atoms with Gasteiger partial charge in [-0.05, 0) is 25.1 Å². The Morgan fingerprint density at radius 2 is 1.28 bits per heavy atom. The molecule has 0 amide bonds. The van der Waals surface area contributed by atoms with Gasteiger partial charge in [0.2, 0.25) is 0 Å². The van der Waals surface area contributed by atoms with Gasteiger partial charge in [-0.2, -0.15) is 39.5 Å². The number of ketones is 1. The molecule has 0 aliphatic carbocycles. The van der Waals surface area contributed by atoms with Crippen LogP contribution in [-0.4, -0.2) is 21.7 Å². The number of aromatic nitrogens is 2. The molecule has 2 rings (SSSR count). The third kappa shape index (κ3) is 5.21. The summed E-state index contributed by atoms with van der Waals surface area (Å²) in [5.41, 5.74) is -8.44. The molecule has 13 heteroatoms. The molecule has 0 aliphatic rings. The maximum Gasteiger partial charge on any atom is 0.455 e. The summed E-state index contributed by atoms with van der Waals surface area (Å²) in [6.45, 7) is 4.84. The van der Waals surface area contributed by atoms with Gasteiger partial charge in [0.25, 0.3) is 11.3 Å². The summed E-state index contributed by atoms with van der Waals surface area (Å²) in [4.78, 5) is 23.3. The molecule has 162 valence electrons. The number of halogens is 9. The second-order valence-corrected chi connectivity index (χ2v) is 5.34. The number of carbonyl (C=O) groups is 1. The van der Waals surface area contributed by atoms with Crippen molar-refractivity contribution < 1.29 is 44.3 Å². The Balaban J connectivity index is 0.00000204. The highest BCUT2D eigenvalue weighted by Crippen LogP contribution is 2.37. The van der Waals surface area contributed by atoms with Crippen LogP contribution in [-0.2, 0) is 12.4 Å². The van der Waals surface area contributed by atoms with Crippen LogP contribution in [0.3, 0.4) is 0 Å². The van der Waals surface area contributed by atoms with E-state index in [4.69, 9.17) is 0 Å². The number of aromatic amines is 1. The quantitative estimate of drug-likeness (QED) is 0.514. The predicted molar refractivity (Wildman–Crippen MR) is 82.9 cm³/mol. The summed E-state index contributed by atoms with van der Waals surface area (Å²) in [6, 6.07) is 0.0506. The summed E-state index contributed by atoms with van der Waals surface area (Å²) in [6.07, 6.45) is -15.9. The third-order valence-corrected chi connectivity index (χ3v) is 3.39. The Morgan fingerprint density at radius 1 is 0.862 bits per heavy atom. The molecule has 0 fully saturated rings. The van der Waals surface area contributed by atoms with Gasteiger partial charge in [0.05, 0.1) is 16.8 Å². The van der Waals surface area contributed by atoms with E-state index in [0.29, 0.717) is 0 Å². The lowest BCUT2D eigenvalue weighted by molar-refractivity contribution is -0.143. The van der Waals surface area contributed by atoms with Crippen molar-refractivity contribution >= 4 is 5.78 Å². The number of carbonyl (C=O) groups excluding carboxylic acids is 1. The fourth-order valence-corrected chi connectivity index (χ4v) is 2.21.